The molecule has 0 aliphatic carbocycles. The monoisotopic (exact) mass is 268 g/mol. The van der Waals surface area contributed by atoms with E-state index in [9.17, 15) is 0 Å². The maximum atomic E-state index is 6.27. The summed E-state index contributed by atoms with van der Waals surface area (Å²) in [5.41, 5.74) is 5.74. The van der Waals surface area contributed by atoms with E-state index in [1.54, 1.807) is 0 Å². The predicted octanol–water partition coefficient (Wildman–Crippen LogP) is 1.44. The van der Waals surface area contributed by atoms with E-state index < -0.39 is 5.54 Å². The van der Waals surface area contributed by atoms with Crippen molar-refractivity contribution in [2.45, 2.75) is 45.3 Å². The van der Waals surface area contributed by atoms with E-state index in [1.807, 2.05) is 13.8 Å². The molecule has 1 aliphatic heterocycles. The maximum absolute atomic E-state index is 6.27. The molecule has 0 bridgehead atoms. The number of rotatable bonds is 5. The predicted molar refractivity (Wildman–Crippen MR) is 71.6 cm³/mol. The molecule has 1 aliphatic rings. The molecular formula is C13H24N4O2. The van der Waals surface area contributed by atoms with Crippen molar-refractivity contribution in [2.24, 2.45) is 5.73 Å². The number of likely N-dealkylation sites (N-methyl/N-ethyl adjacent to an activating group) is 1. The third-order valence-electron chi connectivity index (χ3n) is 4.02. The summed E-state index contributed by atoms with van der Waals surface area (Å²) in [4.78, 5) is 6.78. The summed E-state index contributed by atoms with van der Waals surface area (Å²) in [6.45, 7) is 9.69. The molecule has 1 aromatic rings. The molecule has 19 heavy (non-hydrogen) atoms. The van der Waals surface area contributed by atoms with E-state index in [-0.39, 0.29) is 6.10 Å². The van der Waals surface area contributed by atoms with E-state index in [2.05, 4.69) is 22.0 Å². The minimum absolute atomic E-state index is 0.107. The van der Waals surface area contributed by atoms with Crippen LogP contribution in [0.5, 0.6) is 0 Å². The van der Waals surface area contributed by atoms with Gasteiger partial charge in [-0.05, 0) is 19.4 Å². The zero-order valence-electron chi connectivity index (χ0n) is 12.1. The smallest absolute Gasteiger partial charge is 0.246 e. The van der Waals surface area contributed by atoms with Gasteiger partial charge in [0.05, 0.1) is 12.1 Å². The second-order valence-corrected chi connectivity index (χ2v) is 5.07. The Morgan fingerprint density at radius 2 is 2.11 bits per heavy atom. The molecule has 1 aromatic heterocycles. The summed E-state index contributed by atoms with van der Waals surface area (Å²) in [7, 11) is 0. The minimum Gasteiger partial charge on any atom is -0.367 e. The van der Waals surface area contributed by atoms with Crippen LogP contribution >= 0.6 is 0 Å². The van der Waals surface area contributed by atoms with Crippen LogP contribution in [0.1, 0.15) is 51.4 Å². The molecular weight excluding hydrogens is 244 g/mol. The first-order chi connectivity index (χ1) is 9.12. The Bertz CT molecular complexity index is 403. The van der Waals surface area contributed by atoms with Crippen LogP contribution in [0.4, 0.5) is 0 Å². The van der Waals surface area contributed by atoms with Crippen molar-refractivity contribution >= 4 is 0 Å². The van der Waals surface area contributed by atoms with E-state index in [0.29, 0.717) is 18.3 Å². The Morgan fingerprint density at radius 3 is 2.74 bits per heavy atom. The van der Waals surface area contributed by atoms with Crippen molar-refractivity contribution in [1.29, 1.82) is 0 Å². The standard InChI is InChI=1S/C13H24N4O2/c1-4-13(14,5-2)12-15-11(16-19-12)10-9-17(6-3)7-8-18-10/h10H,4-9,14H2,1-3H3. The van der Waals surface area contributed by atoms with Gasteiger partial charge in [0.2, 0.25) is 11.7 Å². The van der Waals surface area contributed by atoms with E-state index in [4.69, 9.17) is 15.0 Å². The molecule has 1 fully saturated rings. The lowest BCUT2D eigenvalue weighted by atomic mass is 9.94. The molecule has 1 atom stereocenters. The van der Waals surface area contributed by atoms with Crippen LogP contribution < -0.4 is 5.73 Å². The number of nitrogens with two attached hydrogens (primary N) is 1. The van der Waals surface area contributed by atoms with Crippen LogP contribution in [0.2, 0.25) is 0 Å². The summed E-state index contributed by atoms with van der Waals surface area (Å²) in [6.07, 6.45) is 1.44. The van der Waals surface area contributed by atoms with Gasteiger partial charge in [0, 0.05) is 13.1 Å². The Labute approximate surface area is 114 Å². The number of ether oxygens (including phenoxy) is 1. The molecule has 6 nitrogen and oxygen atoms in total. The molecule has 2 heterocycles. The van der Waals surface area contributed by atoms with Crippen molar-refractivity contribution in [3.63, 3.8) is 0 Å². The molecule has 1 saturated heterocycles. The summed E-state index contributed by atoms with van der Waals surface area (Å²) in [5, 5.41) is 4.05. The largest absolute Gasteiger partial charge is 0.367 e. The average molecular weight is 268 g/mol. The van der Waals surface area contributed by atoms with E-state index >= 15 is 0 Å². The number of aromatic nitrogens is 2. The first-order valence-electron chi connectivity index (χ1n) is 7.09. The first kappa shape index (κ1) is 14.4. The Balaban J connectivity index is 2.12. The molecule has 0 radical (unpaired) electrons. The lowest BCUT2D eigenvalue weighted by Crippen LogP contribution is -2.38. The van der Waals surface area contributed by atoms with Gasteiger partial charge in [-0.2, -0.15) is 4.98 Å². The number of morpholine rings is 1. The molecule has 2 N–H and O–H groups in total. The Hall–Kier alpha value is -0.980. The highest BCUT2D eigenvalue weighted by atomic mass is 16.5. The fourth-order valence-electron chi connectivity index (χ4n) is 2.27. The molecule has 0 saturated carbocycles. The van der Waals surface area contributed by atoms with Crippen LogP contribution in [0.3, 0.4) is 0 Å². The summed E-state index contributed by atoms with van der Waals surface area (Å²) in [6, 6.07) is 0. The highest BCUT2D eigenvalue weighted by Crippen LogP contribution is 2.26. The highest BCUT2D eigenvalue weighted by molar-refractivity contribution is 5.03. The summed E-state index contributed by atoms with van der Waals surface area (Å²) in [5.74, 6) is 1.13. The lowest BCUT2D eigenvalue weighted by molar-refractivity contribution is -0.0334. The summed E-state index contributed by atoms with van der Waals surface area (Å²) < 4.78 is 11.1. The quantitative estimate of drug-likeness (QED) is 0.870. The molecule has 1 unspecified atom stereocenters. The van der Waals surface area contributed by atoms with Crippen LogP contribution in [-0.4, -0.2) is 41.3 Å². The van der Waals surface area contributed by atoms with Crippen LogP contribution in [0.25, 0.3) is 0 Å². The third kappa shape index (κ3) is 2.96. The zero-order valence-corrected chi connectivity index (χ0v) is 12.1. The average Bonchev–Trinajstić information content (AvgIpc) is 2.97. The number of hydrogen-bond donors (Lipinski definition) is 1. The van der Waals surface area contributed by atoms with Crippen molar-refractivity contribution in [1.82, 2.24) is 15.0 Å². The molecule has 2 rings (SSSR count). The molecule has 6 heteroatoms. The second kappa shape index (κ2) is 5.98. The summed E-state index contributed by atoms with van der Waals surface area (Å²) >= 11 is 0. The van der Waals surface area contributed by atoms with Gasteiger partial charge in [0.15, 0.2) is 0 Å². The van der Waals surface area contributed by atoms with Crippen LogP contribution in [0.15, 0.2) is 4.52 Å². The number of nitrogens with zero attached hydrogens (tertiary/aromatic N) is 3. The van der Waals surface area contributed by atoms with Gasteiger partial charge in [0.25, 0.3) is 0 Å². The fraction of sp³-hybridized carbons (Fsp3) is 0.846. The lowest BCUT2D eigenvalue weighted by Gasteiger charge is -2.30. The molecule has 0 aromatic carbocycles. The van der Waals surface area contributed by atoms with Crippen LogP contribution in [-0.2, 0) is 10.3 Å². The van der Waals surface area contributed by atoms with Gasteiger partial charge in [-0.1, -0.05) is 25.9 Å². The second-order valence-electron chi connectivity index (χ2n) is 5.07. The fourth-order valence-corrected chi connectivity index (χ4v) is 2.27. The van der Waals surface area contributed by atoms with Gasteiger partial charge in [-0.15, -0.1) is 0 Å². The van der Waals surface area contributed by atoms with Crippen molar-refractivity contribution in [3.8, 4) is 0 Å². The van der Waals surface area contributed by atoms with Gasteiger partial charge < -0.3 is 15.0 Å². The van der Waals surface area contributed by atoms with Gasteiger partial charge in [0.1, 0.15) is 6.10 Å². The normalized spacial score (nSPS) is 21.8. The number of hydrogen-bond acceptors (Lipinski definition) is 6. The SMILES string of the molecule is CCN1CCOC(c2noc(C(N)(CC)CC)n2)C1. The first-order valence-corrected chi connectivity index (χ1v) is 7.09. The highest BCUT2D eigenvalue weighted by Gasteiger charge is 2.32. The van der Waals surface area contributed by atoms with Gasteiger partial charge >= 0.3 is 0 Å². The van der Waals surface area contributed by atoms with E-state index in [0.717, 1.165) is 32.5 Å². The van der Waals surface area contributed by atoms with Crippen molar-refractivity contribution in [2.75, 3.05) is 26.2 Å². The van der Waals surface area contributed by atoms with Crippen molar-refractivity contribution in [3.05, 3.63) is 11.7 Å². The van der Waals surface area contributed by atoms with Crippen LogP contribution in [0, 0.1) is 0 Å². The van der Waals surface area contributed by atoms with Crippen molar-refractivity contribution < 1.29 is 9.26 Å². The molecule has 108 valence electrons. The molecule has 0 spiro atoms. The topological polar surface area (TPSA) is 77.4 Å². The third-order valence-corrected chi connectivity index (χ3v) is 4.02. The van der Waals surface area contributed by atoms with Gasteiger partial charge in [-0.25, -0.2) is 0 Å². The molecule has 0 amide bonds. The minimum atomic E-state index is -0.523. The van der Waals surface area contributed by atoms with E-state index in [1.165, 1.54) is 0 Å². The zero-order chi connectivity index (χ0) is 13.9. The Morgan fingerprint density at radius 1 is 1.37 bits per heavy atom. The Kier molecular flexibility index (Phi) is 4.54. The maximum Gasteiger partial charge on any atom is 0.246 e. The van der Waals surface area contributed by atoms with Gasteiger partial charge in [-0.3, -0.25) is 4.90 Å².